The maximum Gasteiger partial charge on any atom is 0.169 e. The van der Waals surface area contributed by atoms with E-state index in [9.17, 15) is 4.79 Å². The molecular weight excluding hydrogens is 192 g/mol. The molecule has 3 nitrogen and oxygen atoms in total. The van der Waals surface area contributed by atoms with Gasteiger partial charge in [-0.15, -0.1) is 0 Å². The van der Waals surface area contributed by atoms with E-state index in [0.717, 1.165) is 12.8 Å². The van der Waals surface area contributed by atoms with E-state index in [-0.39, 0.29) is 16.6 Å². The lowest BCUT2D eigenvalue weighted by Crippen LogP contribution is -2.28. The van der Waals surface area contributed by atoms with E-state index in [4.69, 9.17) is 9.47 Å². The summed E-state index contributed by atoms with van der Waals surface area (Å²) >= 11 is 0. The molecule has 0 bridgehead atoms. The molecule has 2 aliphatic carbocycles. The summed E-state index contributed by atoms with van der Waals surface area (Å²) in [6.45, 7) is 5.86. The molecule has 1 saturated heterocycles. The van der Waals surface area contributed by atoms with Gasteiger partial charge < -0.3 is 9.47 Å². The maximum absolute atomic E-state index is 11.6. The van der Waals surface area contributed by atoms with Crippen molar-refractivity contribution in [1.29, 1.82) is 0 Å². The van der Waals surface area contributed by atoms with Gasteiger partial charge in [0.15, 0.2) is 5.79 Å². The molecule has 1 heterocycles. The van der Waals surface area contributed by atoms with Crippen LogP contribution in [0, 0.1) is 10.8 Å². The van der Waals surface area contributed by atoms with Crippen LogP contribution < -0.4 is 0 Å². The predicted octanol–water partition coefficient (Wildman–Crippen LogP) is 1.90. The Hall–Kier alpha value is -0.410. The molecule has 0 aromatic carbocycles. The van der Waals surface area contributed by atoms with Gasteiger partial charge in [0.1, 0.15) is 5.78 Å². The van der Waals surface area contributed by atoms with Gasteiger partial charge in [0, 0.05) is 25.7 Å². The van der Waals surface area contributed by atoms with Crippen molar-refractivity contribution < 1.29 is 14.3 Å². The highest BCUT2D eigenvalue weighted by molar-refractivity contribution is 5.83. The van der Waals surface area contributed by atoms with Gasteiger partial charge in [-0.3, -0.25) is 4.79 Å². The number of ether oxygens (including phenoxy) is 2. The van der Waals surface area contributed by atoms with E-state index < -0.39 is 0 Å². The van der Waals surface area contributed by atoms with Gasteiger partial charge in [0.2, 0.25) is 0 Å². The SMILES string of the molecule is C[C@@]12CC(=O)C[C@]1(C)CC1(C2)OCCO1. The minimum absolute atomic E-state index is 0.0917. The van der Waals surface area contributed by atoms with Crippen LogP contribution in [0.5, 0.6) is 0 Å². The number of ketones is 1. The Morgan fingerprint density at radius 2 is 1.47 bits per heavy atom. The second-order valence-corrected chi connectivity index (χ2v) is 5.97. The number of carbonyl (C=O) groups excluding carboxylic acids is 1. The average Bonchev–Trinajstić information content (AvgIpc) is 2.62. The van der Waals surface area contributed by atoms with Gasteiger partial charge in [-0.05, 0) is 10.8 Å². The Balaban J connectivity index is 1.94. The first kappa shape index (κ1) is 9.79. The molecule has 0 unspecified atom stereocenters. The summed E-state index contributed by atoms with van der Waals surface area (Å²) < 4.78 is 11.5. The highest BCUT2D eigenvalue weighted by Gasteiger charge is 2.65. The minimum Gasteiger partial charge on any atom is -0.347 e. The molecule has 3 fully saturated rings. The standard InChI is InChI=1S/C12H18O3/c1-10-5-9(13)6-11(10,2)8-12(7-10)14-3-4-15-12/h3-8H2,1-2H3/t10-,11+. The van der Waals surface area contributed by atoms with Gasteiger partial charge >= 0.3 is 0 Å². The number of fused-ring (bicyclic) bond motifs is 1. The normalized spacial score (nSPS) is 47.7. The number of carbonyl (C=O) groups is 1. The molecule has 3 aliphatic rings. The fourth-order valence-electron chi connectivity index (χ4n) is 3.86. The van der Waals surface area contributed by atoms with Gasteiger partial charge in [-0.2, -0.15) is 0 Å². The first-order valence-corrected chi connectivity index (χ1v) is 5.77. The van der Waals surface area contributed by atoms with Crippen LogP contribution in [0.3, 0.4) is 0 Å². The lowest BCUT2D eigenvalue weighted by molar-refractivity contribution is -0.160. The summed E-state index contributed by atoms with van der Waals surface area (Å²) in [5.41, 5.74) is 0.183. The molecule has 2 saturated carbocycles. The topological polar surface area (TPSA) is 35.5 Å². The third-order valence-corrected chi connectivity index (χ3v) is 4.76. The Labute approximate surface area is 90.1 Å². The second kappa shape index (κ2) is 2.64. The zero-order valence-corrected chi connectivity index (χ0v) is 9.47. The Morgan fingerprint density at radius 1 is 1.00 bits per heavy atom. The van der Waals surface area contributed by atoms with E-state index in [2.05, 4.69) is 13.8 Å². The lowest BCUT2D eigenvalue weighted by Gasteiger charge is -2.32. The Bertz CT molecular complexity index is 295. The molecule has 2 atom stereocenters. The molecule has 15 heavy (non-hydrogen) atoms. The number of Topliss-reactive ketones (excluding diaryl/α,β-unsaturated/α-hetero) is 1. The van der Waals surface area contributed by atoms with E-state index >= 15 is 0 Å². The predicted molar refractivity (Wildman–Crippen MR) is 54.3 cm³/mol. The van der Waals surface area contributed by atoms with Crippen LogP contribution in [-0.2, 0) is 14.3 Å². The second-order valence-electron chi connectivity index (χ2n) is 5.97. The molecule has 0 N–H and O–H groups in total. The summed E-state index contributed by atoms with van der Waals surface area (Å²) in [5.74, 6) is 0.0531. The van der Waals surface area contributed by atoms with Crippen molar-refractivity contribution >= 4 is 5.78 Å². The highest BCUT2D eigenvalue weighted by Crippen LogP contribution is 2.65. The zero-order chi connectivity index (χ0) is 10.7. The van der Waals surface area contributed by atoms with Crippen LogP contribution >= 0.6 is 0 Å². The van der Waals surface area contributed by atoms with Crippen LogP contribution in [-0.4, -0.2) is 24.8 Å². The largest absolute Gasteiger partial charge is 0.347 e. The third kappa shape index (κ3) is 1.16. The van der Waals surface area contributed by atoms with Crippen molar-refractivity contribution in [3.05, 3.63) is 0 Å². The van der Waals surface area contributed by atoms with E-state index in [1.54, 1.807) is 0 Å². The maximum atomic E-state index is 11.6. The Morgan fingerprint density at radius 3 is 1.93 bits per heavy atom. The van der Waals surface area contributed by atoms with Crippen LogP contribution in [0.4, 0.5) is 0 Å². The molecule has 3 heteroatoms. The number of hydrogen-bond acceptors (Lipinski definition) is 3. The molecule has 1 aliphatic heterocycles. The number of rotatable bonds is 0. The molecule has 0 radical (unpaired) electrons. The van der Waals surface area contributed by atoms with Gasteiger partial charge in [-0.25, -0.2) is 0 Å². The van der Waals surface area contributed by atoms with Crippen molar-refractivity contribution in [1.82, 2.24) is 0 Å². The zero-order valence-electron chi connectivity index (χ0n) is 9.47. The molecule has 0 amide bonds. The first-order chi connectivity index (χ1) is 6.97. The lowest BCUT2D eigenvalue weighted by atomic mass is 9.71. The summed E-state index contributed by atoms with van der Waals surface area (Å²) in [6.07, 6.45) is 3.19. The fraction of sp³-hybridized carbons (Fsp3) is 0.917. The summed E-state index contributed by atoms with van der Waals surface area (Å²) in [5, 5.41) is 0. The third-order valence-electron chi connectivity index (χ3n) is 4.76. The van der Waals surface area contributed by atoms with E-state index in [0.29, 0.717) is 31.8 Å². The van der Waals surface area contributed by atoms with Crippen molar-refractivity contribution in [3.8, 4) is 0 Å². The van der Waals surface area contributed by atoms with Crippen molar-refractivity contribution in [2.45, 2.75) is 45.3 Å². The molecule has 0 aromatic heterocycles. The monoisotopic (exact) mass is 210 g/mol. The first-order valence-electron chi connectivity index (χ1n) is 5.77. The van der Waals surface area contributed by atoms with Crippen molar-refractivity contribution in [2.75, 3.05) is 13.2 Å². The van der Waals surface area contributed by atoms with E-state index in [1.807, 2.05) is 0 Å². The molecule has 84 valence electrons. The number of hydrogen-bond donors (Lipinski definition) is 0. The van der Waals surface area contributed by atoms with Gasteiger partial charge in [-0.1, -0.05) is 13.8 Å². The van der Waals surface area contributed by atoms with Crippen LogP contribution in [0.25, 0.3) is 0 Å². The quantitative estimate of drug-likeness (QED) is 0.612. The average molecular weight is 210 g/mol. The summed E-state index contributed by atoms with van der Waals surface area (Å²) in [4.78, 5) is 11.6. The summed E-state index contributed by atoms with van der Waals surface area (Å²) in [6, 6.07) is 0. The van der Waals surface area contributed by atoms with Crippen LogP contribution in [0.1, 0.15) is 39.5 Å². The van der Waals surface area contributed by atoms with Crippen LogP contribution in [0.15, 0.2) is 0 Å². The van der Waals surface area contributed by atoms with Crippen LogP contribution in [0.2, 0.25) is 0 Å². The van der Waals surface area contributed by atoms with Gasteiger partial charge in [0.25, 0.3) is 0 Å². The highest BCUT2D eigenvalue weighted by atomic mass is 16.7. The minimum atomic E-state index is -0.357. The Kier molecular flexibility index (Phi) is 1.72. The molecule has 3 rings (SSSR count). The fourth-order valence-corrected chi connectivity index (χ4v) is 3.86. The molecule has 1 spiro atoms. The van der Waals surface area contributed by atoms with Crippen molar-refractivity contribution in [3.63, 3.8) is 0 Å². The summed E-state index contributed by atoms with van der Waals surface area (Å²) in [7, 11) is 0. The van der Waals surface area contributed by atoms with E-state index in [1.165, 1.54) is 0 Å². The molecular formula is C12H18O3. The molecule has 0 aromatic rings. The van der Waals surface area contributed by atoms with Crippen molar-refractivity contribution in [2.24, 2.45) is 10.8 Å². The van der Waals surface area contributed by atoms with Gasteiger partial charge in [0.05, 0.1) is 13.2 Å². The smallest absolute Gasteiger partial charge is 0.169 e.